The Bertz CT molecular complexity index is 695. The normalized spacial score (nSPS) is 10.3. The van der Waals surface area contributed by atoms with Gasteiger partial charge < -0.3 is 14.8 Å². The first kappa shape index (κ1) is 16.9. The molecule has 122 valence electrons. The van der Waals surface area contributed by atoms with Gasteiger partial charge in [-0.3, -0.25) is 4.79 Å². The Labute approximate surface area is 137 Å². The molecule has 1 N–H and O–H groups in total. The van der Waals surface area contributed by atoms with E-state index in [0.717, 1.165) is 28.8 Å². The molecule has 2 aromatic carbocycles. The molecule has 0 spiro atoms. The van der Waals surface area contributed by atoms with Gasteiger partial charge in [0.05, 0.1) is 20.6 Å². The Balaban J connectivity index is 2.14. The van der Waals surface area contributed by atoms with Crippen LogP contribution in [0.1, 0.15) is 23.6 Å². The summed E-state index contributed by atoms with van der Waals surface area (Å²) >= 11 is 0. The number of ether oxygens (including phenoxy) is 2. The highest BCUT2D eigenvalue weighted by molar-refractivity contribution is 5.93. The molecule has 0 heterocycles. The number of hydrogen-bond acceptors (Lipinski definition) is 3. The van der Waals surface area contributed by atoms with E-state index in [4.69, 9.17) is 9.47 Å². The third-order valence-electron chi connectivity index (χ3n) is 3.82. The predicted octanol–water partition coefficient (Wildman–Crippen LogP) is 3.76. The lowest BCUT2D eigenvalue weighted by molar-refractivity contribution is -0.115. The van der Waals surface area contributed by atoms with Crippen LogP contribution in [0.25, 0.3) is 0 Å². The zero-order chi connectivity index (χ0) is 16.8. The molecule has 0 unspecified atom stereocenters. The van der Waals surface area contributed by atoms with Gasteiger partial charge in [-0.1, -0.05) is 31.2 Å². The maximum absolute atomic E-state index is 12.4. The molecule has 0 atom stereocenters. The molecule has 1 amide bonds. The van der Waals surface area contributed by atoms with Gasteiger partial charge in [-0.15, -0.1) is 0 Å². The monoisotopic (exact) mass is 313 g/mol. The Kier molecular flexibility index (Phi) is 5.63. The van der Waals surface area contributed by atoms with Crippen molar-refractivity contribution in [3.8, 4) is 11.5 Å². The highest BCUT2D eigenvalue weighted by atomic mass is 16.5. The van der Waals surface area contributed by atoms with E-state index in [1.807, 2.05) is 43.3 Å². The molecule has 2 aromatic rings. The molecule has 0 fully saturated rings. The fraction of sp³-hybridized carbons (Fsp3) is 0.316. The van der Waals surface area contributed by atoms with Crippen molar-refractivity contribution in [1.29, 1.82) is 0 Å². The lowest BCUT2D eigenvalue weighted by Gasteiger charge is -2.13. The minimum absolute atomic E-state index is 0.0405. The maximum Gasteiger partial charge on any atom is 0.228 e. The van der Waals surface area contributed by atoms with Crippen molar-refractivity contribution in [2.24, 2.45) is 0 Å². The molecule has 0 aliphatic rings. The number of nitrogens with one attached hydrogen (secondary N) is 1. The first-order valence-electron chi connectivity index (χ1n) is 7.68. The van der Waals surface area contributed by atoms with Gasteiger partial charge in [0.25, 0.3) is 0 Å². The van der Waals surface area contributed by atoms with Crippen LogP contribution in [0.3, 0.4) is 0 Å². The minimum Gasteiger partial charge on any atom is -0.493 e. The minimum atomic E-state index is -0.0405. The van der Waals surface area contributed by atoms with Gasteiger partial charge in [-0.05, 0) is 42.2 Å². The maximum atomic E-state index is 12.4. The number of para-hydroxylation sites is 1. The summed E-state index contributed by atoms with van der Waals surface area (Å²) in [6.07, 6.45) is 1.17. The Morgan fingerprint density at radius 3 is 2.48 bits per heavy atom. The zero-order valence-corrected chi connectivity index (χ0v) is 14.1. The standard InChI is InChI=1S/C19H23NO3/c1-5-15-8-6-7-13(2)19(15)20-18(21)12-14-9-10-16(22-3)17(11-14)23-4/h6-11H,5,12H2,1-4H3,(H,20,21). The van der Waals surface area contributed by atoms with E-state index in [9.17, 15) is 4.79 Å². The molecule has 0 saturated heterocycles. The SMILES string of the molecule is CCc1cccc(C)c1NC(=O)Cc1ccc(OC)c(OC)c1. The van der Waals surface area contributed by atoms with Gasteiger partial charge in [-0.2, -0.15) is 0 Å². The number of hydrogen-bond donors (Lipinski definition) is 1. The molecule has 0 saturated carbocycles. The number of benzene rings is 2. The molecule has 0 radical (unpaired) electrons. The fourth-order valence-electron chi connectivity index (χ4n) is 2.56. The number of rotatable bonds is 6. The van der Waals surface area contributed by atoms with Crippen LogP contribution in [0, 0.1) is 6.92 Å². The smallest absolute Gasteiger partial charge is 0.228 e. The summed E-state index contributed by atoms with van der Waals surface area (Å²) in [6, 6.07) is 11.6. The highest BCUT2D eigenvalue weighted by Gasteiger charge is 2.11. The number of amides is 1. The molecule has 23 heavy (non-hydrogen) atoms. The Morgan fingerprint density at radius 1 is 1.09 bits per heavy atom. The van der Waals surface area contributed by atoms with Crippen LogP contribution in [0.4, 0.5) is 5.69 Å². The van der Waals surface area contributed by atoms with Crippen LogP contribution in [0.15, 0.2) is 36.4 Å². The average molecular weight is 313 g/mol. The predicted molar refractivity (Wildman–Crippen MR) is 92.4 cm³/mol. The van der Waals surface area contributed by atoms with Gasteiger partial charge >= 0.3 is 0 Å². The summed E-state index contributed by atoms with van der Waals surface area (Å²) in [7, 11) is 3.18. The van der Waals surface area contributed by atoms with E-state index >= 15 is 0 Å². The topological polar surface area (TPSA) is 47.6 Å². The van der Waals surface area contributed by atoms with Crippen molar-refractivity contribution < 1.29 is 14.3 Å². The fourth-order valence-corrected chi connectivity index (χ4v) is 2.56. The number of aryl methyl sites for hydroxylation is 2. The van der Waals surface area contributed by atoms with E-state index in [-0.39, 0.29) is 12.3 Å². The van der Waals surface area contributed by atoms with Gasteiger partial charge in [0.2, 0.25) is 5.91 Å². The molecule has 0 aliphatic heterocycles. The van der Waals surface area contributed by atoms with Gasteiger partial charge in [0, 0.05) is 5.69 Å². The molecule has 0 bridgehead atoms. The second-order valence-corrected chi connectivity index (χ2v) is 5.38. The van der Waals surface area contributed by atoms with Crippen LogP contribution in [-0.2, 0) is 17.6 Å². The van der Waals surface area contributed by atoms with Crippen molar-refractivity contribution in [2.75, 3.05) is 19.5 Å². The summed E-state index contributed by atoms with van der Waals surface area (Å²) in [6.45, 7) is 4.09. The lowest BCUT2D eigenvalue weighted by Crippen LogP contribution is -2.16. The Morgan fingerprint density at radius 2 is 1.83 bits per heavy atom. The lowest BCUT2D eigenvalue weighted by atomic mass is 10.1. The second-order valence-electron chi connectivity index (χ2n) is 5.38. The average Bonchev–Trinajstić information content (AvgIpc) is 2.56. The number of carbonyl (C=O) groups excluding carboxylic acids is 1. The first-order valence-corrected chi connectivity index (χ1v) is 7.68. The second kappa shape index (κ2) is 7.68. The van der Waals surface area contributed by atoms with Crippen LogP contribution in [0.5, 0.6) is 11.5 Å². The highest BCUT2D eigenvalue weighted by Crippen LogP contribution is 2.28. The first-order chi connectivity index (χ1) is 11.1. The van der Waals surface area contributed by atoms with Gasteiger partial charge in [0.15, 0.2) is 11.5 Å². The van der Waals surface area contributed by atoms with Crippen molar-refractivity contribution >= 4 is 11.6 Å². The van der Waals surface area contributed by atoms with Crippen LogP contribution in [0.2, 0.25) is 0 Å². The summed E-state index contributed by atoms with van der Waals surface area (Å²) in [5.41, 5.74) is 4.02. The van der Waals surface area contributed by atoms with Crippen molar-refractivity contribution in [3.63, 3.8) is 0 Å². The third kappa shape index (κ3) is 4.03. The van der Waals surface area contributed by atoms with Gasteiger partial charge in [-0.25, -0.2) is 0 Å². The van der Waals surface area contributed by atoms with E-state index in [2.05, 4.69) is 12.2 Å². The quantitative estimate of drug-likeness (QED) is 0.883. The molecule has 4 nitrogen and oxygen atoms in total. The van der Waals surface area contributed by atoms with Crippen LogP contribution >= 0.6 is 0 Å². The van der Waals surface area contributed by atoms with Crippen molar-refractivity contribution in [2.45, 2.75) is 26.7 Å². The molecule has 0 aromatic heterocycles. The molecular weight excluding hydrogens is 290 g/mol. The Hall–Kier alpha value is -2.49. The molecular formula is C19H23NO3. The zero-order valence-electron chi connectivity index (χ0n) is 14.1. The van der Waals surface area contributed by atoms with E-state index in [1.54, 1.807) is 14.2 Å². The number of anilines is 1. The van der Waals surface area contributed by atoms with Crippen LogP contribution in [-0.4, -0.2) is 20.1 Å². The molecule has 2 rings (SSSR count). The summed E-state index contributed by atoms with van der Waals surface area (Å²) in [5, 5.41) is 3.03. The summed E-state index contributed by atoms with van der Waals surface area (Å²) < 4.78 is 10.5. The van der Waals surface area contributed by atoms with Crippen molar-refractivity contribution in [1.82, 2.24) is 0 Å². The number of methoxy groups -OCH3 is 2. The van der Waals surface area contributed by atoms with Crippen LogP contribution < -0.4 is 14.8 Å². The number of carbonyl (C=O) groups is 1. The van der Waals surface area contributed by atoms with E-state index in [1.165, 1.54) is 0 Å². The summed E-state index contributed by atoms with van der Waals surface area (Å²) in [4.78, 5) is 12.4. The largest absolute Gasteiger partial charge is 0.493 e. The molecule has 0 aliphatic carbocycles. The molecule has 4 heteroatoms. The summed E-state index contributed by atoms with van der Waals surface area (Å²) in [5.74, 6) is 1.24. The van der Waals surface area contributed by atoms with E-state index in [0.29, 0.717) is 11.5 Å². The van der Waals surface area contributed by atoms with E-state index < -0.39 is 0 Å². The van der Waals surface area contributed by atoms with Gasteiger partial charge in [0.1, 0.15) is 0 Å². The van der Waals surface area contributed by atoms with Crippen molar-refractivity contribution in [3.05, 3.63) is 53.1 Å². The third-order valence-corrected chi connectivity index (χ3v) is 3.82.